The molecule has 0 aliphatic rings. The molecule has 2 heteroatoms. The van der Waals surface area contributed by atoms with Crippen LogP contribution < -0.4 is 0 Å². The second kappa shape index (κ2) is 15.3. The number of methoxy groups -OCH3 is 2. The largest absolute Gasteiger partial charge is 0.384 e. The Bertz CT molecular complexity index is 182. The molecule has 2 unspecified atom stereocenters. The molecule has 0 fully saturated rings. The average molecular weight is 286 g/mol. The van der Waals surface area contributed by atoms with Gasteiger partial charge in [0.25, 0.3) is 0 Å². The molecule has 0 saturated heterocycles. The van der Waals surface area contributed by atoms with Crippen molar-refractivity contribution < 1.29 is 9.47 Å². The van der Waals surface area contributed by atoms with Crippen LogP contribution in [0.1, 0.15) is 78.1 Å². The monoisotopic (exact) mass is 286 g/mol. The van der Waals surface area contributed by atoms with Crippen molar-refractivity contribution in [2.24, 2.45) is 11.8 Å². The fourth-order valence-corrected chi connectivity index (χ4v) is 3.00. The molecule has 0 aromatic rings. The van der Waals surface area contributed by atoms with Crippen LogP contribution in [-0.4, -0.2) is 27.4 Å². The van der Waals surface area contributed by atoms with Crippen LogP contribution in [0.2, 0.25) is 0 Å². The van der Waals surface area contributed by atoms with Gasteiger partial charge in [-0.3, -0.25) is 0 Å². The van der Waals surface area contributed by atoms with E-state index in [2.05, 4.69) is 13.8 Å². The van der Waals surface area contributed by atoms with Crippen molar-refractivity contribution in [1.82, 2.24) is 0 Å². The van der Waals surface area contributed by atoms with Crippen molar-refractivity contribution in [3.63, 3.8) is 0 Å². The van der Waals surface area contributed by atoms with E-state index >= 15 is 0 Å². The predicted octanol–water partition coefficient (Wildman–Crippen LogP) is 5.45. The molecule has 0 aliphatic heterocycles. The number of rotatable bonds is 15. The molecule has 0 N–H and O–H groups in total. The second-order valence-electron chi connectivity index (χ2n) is 6.13. The third-order valence-electron chi connectivity index (χ3n) is 4.29. The van der Waals surface area contributed by atoms with E-state index in [1.165, 1.54) is 64.2 Å². The van der Waals surface area contributed by atoms with E-state index < -0.39 is 0 Å². The van der Waals surface area contributed by atoms with Gasteiger partial charge in [0, 0.05) is 27.4 Å². The zero-order valence-corrected chi connectivity index (χ0v) is 14.5. The number of hydrogen-bond donors (Lipinski definition) is 0. The molecular formula is C18H38O2. The van der Waals surface area contributed by atoms with E-state index in [1.54, 1.807) is 0 Å². The summed E-state index contributed by atoms with van der Waals surface area (Å²) < 4.78 is 10.9. The van der Waals surface area contributed by atoms with E-state index in [9.17, 15) is 0 Å². The first-order valence-corrected chi connectivity index (χ1v) is 8.77. The van der Waals surface area contributed by atoms with Crippen LogP contribution in [0.4, 0.5) is 0 Å². The summed E-state index contributed by atoms with van der Waals surface area (Å²) in [5.41, 5.74) is 0. The molecule has 122 valence electrons. The first-order valence-electron chi connectivity index (χ1n) is 8.77. The topological polar surface area (TPSA) is 18.5 Å². The fraction of sp³-hybridized carbons (Fsp3) is 1.00. The Hall–Kier alpha value is -0.0800. The van der Waals surface area contributed by atoms with Crippen molar-refractivity contribution in [3.8, 4) is 0 Å². The molecule has 20 heavy (non-hydrogen) atoms. The quantitative estimate of drug-likeness (QED) is 0.373. The maximum absolute atomic E-state index is 5.46. The summed E-state index contributed by atoms with van der Waals surface area (Å²) >= 11 is 0. The highest BCUT2D eigenvalue weighted by atomic mass is 16.5. The SMILES string of the molecule is CCCCCCCC(COC)C(CCCCC)COC. The summed E-state index contributed by atoms with van der Waals surface area (Å²) in [6, 6.07) is 0. The minimum atomic E-state index is 0.678. The molecule has 2 nitrogen and oxygen atoms in total. The zero-order valence-electron chi connectivity index (χ0n) is 14.5. The molecule has 0 heterocycles. The van der Waals surface area contributed by atoms with Gasteiger partial charge in [0.05, 0.1) is 0 Å². The van der Waals surface area contributed by atoms with Crippen molar-refractivity contribution >= 4 is 0 Å². The zero-order chi connectivity index (χ0) is 15.1. The Morgan fingerprint density at radius 2 is 1.00 bits per heavy atom. The number of unbranched alkanes of at least 4 members (excludes halogenated alkanes) is 6. The van der Waals surface area contributed by atoms with Gasteiger partial charge in [-0.05, 0) is 24.7 Å². The molecular weight excluding hydrogens is 248 g/mol. The minimum absolute atomic E-state index is 0.678. The Morgan fingerprint density at radius 1 is 0.600 bits per heavy atom. The predicted molar refractivity (Wildman–Crippen MR) is 88.3 cm³/mol. The molecule has 0 aliphatic carbocycles. The highest BCUT2D eigenvalue weighted by Crippen LogP contribution is 2.25. The Balaban J connectivity index is 4.10. The van der Waals surface area contributed by atoms with Crippen LogP contribution in [0.3, 0.4) is 0 Å². The van der Waals surface area contributed by atoms with E-state index in [-0.39, 0.29) is 0 Å². The number of hydrogen-bond acceptors (Lipinski definition) is 2. The Labute approximate surface area is 127 Å². The van der Waals surface area contributed by atoms with E-state index in [1.807, 2.05) is 14.2 Å². The van der Waals surface area contributed by atoms with Crippen molar-refractivity contribution in [2.45, 2.75) is 78.1 Å². The normalized spacial score (nSPS) is 14.4. The first kappa shape index (κ1) is 19.9. The van der Waals surface area contributed by atoms with Crippen molar-refractivity contribution in [1.29, 1.82) is 0 Å². The smallest absolute Gasteiger partial charge is 0.0493 e. The van der Waals surface area contributed by atoms with Gasteiger partial charge in [0.15, 0.2) is 0 Å². The molecule has 0 aromatic heterocycles. The van der Waals surface area contributed by atoms with Crippen molar-refractivity contribution in [3.05, 3.63) is 0 Å². The van der Waals surface area contributed by atoms with Crippen LogP contribution in [0, 0.1) is 11.8 Å². The van der Waals surface area contributed by atoms with Crippen LogP contribution >= 0.6 is 0 Å². The Kier molecular flexibility index (Phi) is 15.3. The van der Waals surface area contributed by atoms with Gasteiger partial charge in [-0.15, -0.1) is 0 Å². The molecule has 0 aromatic carbocycles. The van der Waals surface area contributed by atoms with Gasteiger partial charge in [-0.2, -0.15) is 0 Å². The lowest BCUT2D eigenvalue weighted by molar-refractivity contribution is 0.0593. The summed E-state index contributed by atoms with van der Waals surface area (Å²) in [6.07, 6.45) is 13.4. The highest BCUT2D eigenvalue weighted by molar-refractivity contribution is 4.70. The lowest BCUT2D eigenvalue weighted by Gasteiger charge is -2.26. The summed E-state index contributed by atoms with van der Waals surface area (Å²) in [6.45, 7) is 6.34. The number of ether oxygens (including phenoxy) is 2. The maximum Gasteiger partial charge on any atom is 0.0493 e. The van der Waals surface area contributed by atoms with Gasteiger partial charge in [0.1, 0.15) is 0 Å². The molecule has 0 radical (unpaired) electrons. The first-order chi connectivity index (χ1) is 9.79. The fourth-order valence-electron chi connectivity index (χ4n) is 3.00. The van der Waals surface area contributed by atoms with Crippen LogP contribution in [0.5, 0.6) is 0 Å². The second-order valence-corrected chi connectivity index (χ2v) is 6.13. The van der Waals surface area contributed by atoms with Gasteiger partial charge in [-0.25, -0.2) is 0 Å². The van der Waals surface area contributed by atoms with Crippen LogP contribution in [0.25, 0.3) is 0 Å². The summed E-state index contributed by atoms with van der Waals surface area (Å²) in [4.78, 5) is 0. The third-order valence-corrected chi connectivity index (χ3v) is 4.29. The van der Waals surface area contributed by atoms with Gasteiger partial charge < -0.3 is 9.47 Å². The molecule has 0 bridgehead atoms. The molecule has 0 spiro atoms. The molecule has 0 rings (SSSR count). The van der Waals surface area contributed by atoms with Gasteiger partial charge >= 0.3 is 0 Å². The maximum atomic E-state index is 5.46. The van der Waals surface area contributed by atoms with Crippen LogP contribution in [0.15, 0.2) is 0 Å². The van der Waals surface area contributed by atoms with E-state index in [4.69, 9.17) is 9.47 Å². The van der Waals surface area contributed by atoms with Crippen LogP contribution in [-0.2, 0) is 9.47 Å². The molecule has 0 saturated carbocycles. The summed E-state index contributed by atoms with van der Waals surface area (Å²) in [7, 11) is 3.66. The Morgan fingerprint density at radius 3 is 1.45 bits per heavy atom. The molecule has 0 amide bonds. The average Bonchev–Trinajstić information content (AvgIpc) is 2.45. The van der Waals surface area contributed by atoms with E-state index in [0.717, 1.165) is 13.2 Å². The standard InChI is InChI=1S/C18H38O2/c1-5-7-9-10-12-14-18(16-20-4)17(15-19-3)13-11-8-6-2/h17-18H,5-16H2,1-4H3. The molecule has 2 atom stereocenters. The lowest BCUT2D eigenvalue weighted by atomic mass is 9.85. The van der Waals surface area contributed by atoms with Gasteiger partial charge in [-0.1, -0.05) is 65.2 Å². The van der Waals surface area contributed by atoms with E-state index in [0.29, 0.717) is 11.8 Å². The lowest BCUT2D eigenvalue weighted by Crippen LogP contribution is -2.24. The van der Waals surface area contributed by atoms with Gasteiger partial charge in [0.2, 0.25) is 0 Å². The minimum Gasteiger partial charge on any atom is -0.384 e. The van der Waals surface area contributed by atoms with Crippen molar-refractivity contribution in [2.75, 3.05) is 27.4 Å². The third kappa shape index (κ3) is 10.7. The summed E-state index contributed by atoms with van der Waals surface area (Å²) in [5, 5.41) is 0. The highest BCUT2D eigenvalue weighted by Gasteiger charge is 2.20. The summed E-state index contributed by atoms with van der Waals surface area (Å²) in [5.74, 6) is 1.36.